The summed E-state index contributed by atoms with van der Waals surface area (Å²) in [6, 6.07) is 10.3. The highest BCUT2D eigenvalue weighted by Gasteiger charge is 2.05. The molecule has 0 bridgehead atoms. The van der Waals surface area contributed by atoms with Gasteiger partial charge in [0.15, 0.2) is 5.96 Å². The van der Waals surface area contributed by atoms with E-state index in [4.69, 9.17) is 0 Å². The summed E-state index contributed by atoms with van der Waals surface area (Å²) in [5.41, 5.74) is 2.18. The van der Waals surface area contributed by atoms with E-state index in [9.17, 15) is 0 Å². The van der Waals surface area contributed by atoms with Crippen LogP contribution in [0.15, 0.2) is 47.7 Å². The molecule has 2 N–H and O–H groups in total. The van der Waals surface area contributed by atoms with Gasteiger partial charge < -0.3 is 10.6 Å². The molecule has 0 atom stereocenters. The lowest BCUT2D eigenvalue weighted by Gasteiger charge is -2.12. The van der Waals surface area contributed by atoms with Crippen molar-refractivity contribution in [1.29, 1.82) is 0 Å². The lowest BCUT2D eigenvalue weighted by molar-refractivity contribution is 0.807. The fourth-order valence-electron chi connectivity index (χ4n) is 2.46. The van der Waals surface area contributed by atoms with Crippen molar-refractivity contribution in [2.24, 2.45) is 4.99 Å². The van der Waals surface area contributed by atoms with Gasteiger partial charge in [0.2, 0.25) is 0 Å². The number of para-hydroxylation sites is 1. The van der Waals surface area contributed by atoms with Crippen LogP contribution >= 0.6 is 11.3 Å². The molecular weight excluding hydrogens is 318 g/mol. The molecule has 2 aromatic heterocycles. The Morgan fingerprint density at radius 3 is 2.75 bits per heavy atom. The van der Waals surface area contributed by atoms with Gasteiger partial charge in [0.05, 0.1) is 12.1 Å². The SMILES string of the molecule is CCc1cnc(CNC(=NC)NCc2cccc3cccnc23)s1. The fraction of sp³-hybridized carbons (Fsp3) is 0.278. The molecule has 1 aromatic carbocycles. The molecule has 0 amide bonds. The molecule has 3 rings (SSSR count). The van der Waals surface area contributed by atoms with Gasteiger partial charge in [-0.05, 0) is 18.1 Å². The third kappa shape index (κ3) is 3.89. The molecule has 0 aliphatic carbocycles. The van der Waals surface area contributed by atoms with Crippen LogP contribution in [0.3, 0.4) is 0 Å². The van der Waals surface area contributed by atoms with Crippen molar-refractivity contribution in [3.63, 3.8) is 0 Å². The van der Waals surface area contributed by atoms with E-state index < -0.39 is 0 Å². The van der Waals surface area contributed by atoms with Crippen molar-refractivity contribution >= 4 is 28.2 Å². The van der Waals surface area contributed by atoms with Crippen LogP contribution in [-0.2, 0) is 19.5 Å². The Hall–Kier alpha value is -2.47. The number of aliphatic imine (C=N–C) groups is 1. The second-order valence-corrected chi connectivity index (χ2v) is 6.55. The van der Waals surface area contributed by atoms with Crippen LogP contribution in [0.5, 0.6) is 0 Å². The number of guanidine groups is 1. The lowest BCUT2D eigenvalue weighted by Crippen LogP contribution is -2.36. The van der Waals surface area contributed by atoms with Crippen molar-refractivity contribution in [3.8, 4) is 0 Å². The molecule has 3 aromatic rings. The Balaban J connectivity index is 1.61. The molecule has 0 aliphatic rings. The molecule has 0 saturated carbocycles. The number of nitrogens with one attached hydrogen (secondary N) is 2. The van der Waals surface area contributed by atoms with E-state index in [0.29, 0.717) is 13.1 Å². The van der Waals surface area contributed by atoms with Gasteiger partial charge in [0.25, 0.3) is 0 Å². The predicted molar refractivity (Wildman–Crippen MR) is 100 cm³/mol. The minimum atomic E-state index is 0.673. The second kappa shape index (κ2) is 7.88. The Morgan fingerprint density at radius 1 is 1.12 bits per heavy atom. The van der Waals surface area contributed by atoms with Crippen molar-refractivity contribution < 1.29 is 0 Å². The van der Waals surface area contributed by atoms with Gasteiger partial charge in [-0.2, -0.15) is 0 Å². The maximum Gasteiger partial charge on any atom is 0.191 e. The largest absolute Gasteiger partial charge is 0.352 e. The number of aromatic nitrogens is 2. The summed E-state index contributed by atoms with van der Waals surface area (Å²) in [5, 5.41) is 8.87. The summed E-state index contributed by atoms with van der Waals surface area (Å²) >= 11 is 1.74. The highest BCUT2D eigenvalue weighted by molar-refractivity contribution is 7.11. The summed E-state index contributed by atoms with van der Waals surface area (Å²) < 4.78 is 0. The third-order valence-electron chi connectivity index (χ3n) is 3.74. The molecule has 0 aliphatic heterocycles. The van der Waals surface area contributed by atoms with Gasteiger partial charge in [-0.15, -0.1) is 11.3 Å². The minimum Gasteiger partial charge on any atom is -0.352 e. The summed E-state index contributed by atoms with van der Waals surface area (Å²) in [7, 11) is 1.77. The number of aryl methyl sites for hydroxylation is 1. The number of hydrogen-bond donors (Lipinski definition) is 2. The summed E-state index contributed by atoms with van der Waals surface area (Å²) in [4.78, 5) is 14.5. The number of fused-ring (bicyclic) bond motifs is 1. The predicted octanol–water partition coefficient (Wildman–Crippen LogP) is 3.12. The van der Waals surface area contributed by atoms with Crippen molar-refractivity contribution in [2.45, 2.75) is 26.4 Å². The normalized spacial score (nSPS) is 11.7. The first-order valence-electron chi connectivity index (χ1n) is 8.01. The van der Waals surface area contributed by atoms with Gasteiger partial charge >= 0.3 is 0 Å². The summed E-state index contributed by atoms with van der Waals surface area (Å²) in [6.45, 7) is 3.49. The first kappa shape index (κ1) is 16.4. The lowest BCUT2D eigenvalue weighted by atomic mass is 10.1. The molecule has 0 spiro atoms. The van der Waals surface area contributed by atoms with Crippen molar-refractivity contribution in [3.05, 3.63) is 58.2 Å². The molecule has 24 heavy (non-hydrogen) atoms. The van der Waals surface area contributed by atoms with Gasteiger partial charge in [-0.3, -0.25) is 9.98 Å². The van der Waals surface area contributed by atoms with Gasteiger partial charge in [-0.1, -0.05) is 31.2 Å². The van der Waals surface area contributed by atoms with Crippen LogP contribution in [0, 0.1) is 0 Å². The summed E-state index contributed by atoms with van der Waals surface area (Å²) in [6.07, 6.45) is 4.80. The van der Waals surface area contributed by atoms with E-state index >= 15 is 0 Å². The number of thiazole rings is 1. The Morgan fingerprint density at radius 2 is 1.96 bits per heavy atom. The van der Waals surface area contributed by atoms with Crippen molar-refractivity contribution in [2.75, 3.05) is 7.05 Å². The van der Waals surface area contributed by atoms with Crippen LogP contribution in [0.4, 0.5) is 0 Å². The van der Waals surface area contributed by atoms with Gasteiger partial charge in [0.1, 0.15) is 5.01 Å². The number of benzene rings is 1. The zero-order valence-electron chi connectivity index (χ0n) is 13.9. The molecule has 0 unspecified atom stereocenters. The molecule has 2 heterocycles. The van der Waals surface area contributed by atoms with E-state index in [1.807, 2.05) is 18.5 Å². The maximum absolute atomic E-state index is 4.48. The smallest absolute Gasteiger partial charge is 0.191 e. The number of pyridine rings is 1. The highest BCUT2D eigenvalue weighted by atomic mass is 32.1. The van der Waals surface area contributed by atoms with Crippen LogP contribution < -0.4 is 10.6 Å². The standard InChI is InChI=1S/C18H21N5S/c1-3-15-11-21-16(24-15)12-23-18(19-2)22-10-14-7-4-6-13-8-5-9-20-17(13)14/h4-9,11H,3,10,12H2,1-2H3,(H2,19,22,23). The molecule has 0 fully saturated rings. The molecule has 5 nitrogen and oxygen atoms in total. The molecule has 6 heteroatoms. The molecule has 124 valence electrons. The average Bonchev–Trinajstić information content (AvgIpc) is 3.10. The monoisotopic (exact) mass is 339 g/mol. The number of hydrogen-bond acceptors (Lipinski definition) is 4. The first-order valence-corrected chi connectivity index (χ1v) is 8.82. The van der Waals surface area contributed by atoms with Gasteiger partial charge in [0, 0.05) is 36.2 Å². The van der Waals surface area contributed by atoms with E-state index in [-0.39, 0.29) is 0 Å². The quantitative estimate of drug-likeness (QED) is 0.554. The van der Waals surface area contributed by atoms with E-state index in [0.717, 1.165) is 33.9 Å². The zero-order valence-corrected chi connectivity index (χ0v) is 14.7. The summed E-state index contributed by atoms with van der Waals surface area (Å²) in [5.74, 6) is 0.760. The number of nitrogens with zero attached hydrogens (tertiary/aromatic N) is 3. The third-order valence-corrected chi connectivity index (χ3v) is 4.88. The fourth-order valence-corrected chi connectivity index (χ4v) is 3.26. The van der Waals surface area contributed by atoms with Crippen LogP contribution in [0.1, 0.15) is 22.4 Å². The van der Waals surface area contributed by atoms with E-state index in [1.165, 1.54) is 4.88 Å². The Kier molecular flexibility index (Phi) is 5.38. The van der Waals surface area contributed by atoms with Crippen molar-refractivity contribution in [1.82, 2.24) is 20.6 Å². The topological polar surface area (TPSA) is 62.2 Å². The van der Waals surface area contributed by atoms with Crippen LogP contribution in [-0.4, -0.2) is 23.0 Å². The Bertz CT molecular complexity index is 835. The van der Waals surface area contributed by atoms with Crippen LogP contribution in [0.2, 0.25) is 0 Å². The average molecular weight is 339 g/mol. The minimum absolute atomic E-state index is 0.673. The Labute approximate surface area is 145 Å². The molecule has 0 radical (unpaired) electrons. The number of rotatable bonds is 5. The first-order chi connectivity index (χ1) is 11.8. The second-order valence-electron chi connectivity index (χ2n) is 5.35. The molecular formula is C18H21N5S. The van der Waals surface area contributed by atoms with Crippen LogP contribution in [0.25, 0.3) is 10.9 Å². The molecule has 0 saturated heterocycles. The van der Waals surface area contributed by atoms with E-state index in [1.54, 1.807) is 18.4 Å². The zero-order chi connectivity index (χ0) is 16.8. The van der Waals surface area contributed by atoms with Gasteiger partial charge in [-0.25, -0.2) is 4.98 Å². The maximum atomic E-state index is 4.48. The van der Waals surface area contributed by atoms with E-state index in [2.05, 4.69) is 56.8 Å². The highest BCUT2D eigenvalue weighted by Crippen LogP contribution is 2.15.